The van der Waals surface area contributed by atoms with Gasteiger partial charge in [0.1, 0.15) is 4.92 Å². The zero-order chi connectivity index (χ0) is 11.1. The van der Waals surface area contributed by atoms with E-state index in [4.69, 9.17) is 0 Å². The first kappa shape index (κ1) is 10.7. The molecular weight excluding hydrogens is 202 g/mol. The van der Waals surface area contributed by atoms with Crippen LogP contribution in [0.3, 0.4) is 0 Å². The number of nitrogens with zero attached hydrogens (tertiary/aromatic N) is 1. The van der Waals surface area contributed by atoms with Crippen molar-refractivity contribution < 1.29 is 18.6 Å². The van der Waals surface area contributed by atoms with Gasteiger partial charge in [0.25, 0.3) is 0 Å². The maximum atomic E-state index is 9.93. The van der Waals surface area contributed by atoms with Crippen molar-refractivity contribution in [2.45, 2.75) is 0 Å². The normalized spacial score (nSPS) is 8.80. The second-order valence-electron chi connectivity index (χ2n) is 2.34. The van der Waals surface area contributed by atoms with Crippen molar-refractivity contribution >= 4 is 12.2 Å². The van der Waals surface area contributed by atoms with Crippen LogP contribution in [-0.2, 0) is 0 Å². The van der Waals surface area contributed by atoms with Crippen molar-refractivity contribution in [1.82, 2.24) is 0 Å². The van der Waals surface area contributed by atoms with Crippen LogP contribution in [0.1, 0.15) is 10.6 Å². The van der Waals surface area contributed by atoms with E-state index >= 15 is 0 Å². The van der Waals surface area contributed by atoms with Crippen molar-refractivity contribution in [3.63, 3.8) is 0 Å². The van der Waals surface area contributed by atoms with E-state index in [1.54, 1.807) is 12.5 Å². The zero-order valence-electron chi connectivity index (χ0n) is 7.53. The van der Waals surface area contributed by atoms with Gasteiger partial charge >= 0.3 is 5.88 Å². The molecule has 0 aromatic carbocycles. The largest absolute Gasteiger partial charge is 0.473 e. The van der Waals surface area contributed by atoms with E-state index in [2.05, 4.69) is 8.83 Å². The molecule has 78 valence electrons. The van der Waals surface area contributed by atoms with Gasteiger partial charge in [-0.25, -0.2) is 0 Å². The van der Waals surface area contributed by atoms with Gasteiger partial charge in [-0.2, -0.15) is 0 Å². The predicted molar refractivity (Wildman–Crippen MR) is 49.5 cm³/mol. The van der Waals surface area contributed by atoms with Crippen molar-refractivity contribution in [2.75, 3.05) is 0 Å². The molecule has 0 aliphatic rings. The summed E-state index contributed by atoms with van der Waals surface area (Å²) in [6, 6.07) is 6.04. The summed E-state index contributed by atoms with van der Waals surface area (Å²) in [4.78, 5) is 19.2. The molecule has 0 unspecified atom stereocenters. The highest BCUT2D eigenvalue weighted by Gasteiger charge is 2.10. The maximum Gasteiger partial charge on any atom is 0.433 e. The van der Waals surface area contributed by atoms with E-state index in [9.17, 15) is 14.9 Å². The first-order valence-electron chi connectivity index (χ1n) is 3.90. The molecule has 0 atom stereocenters. The van der Waals surface area contributed by atoms with Crippen LogP contribution in [0.2, 0.25) is 0 Å². The Morgan fingerprint density at radius 2 is 1.93 bits per heavy atom. The van der Waals surface area contributed by atoms with Crippen molar-refractivity contribution in [3.8, 4) is 0 Å². The number of furan rings is 2. The molecule has 0 aliphatic heterocycles. The third-order valence-corrected chi connectivity index (χ3v) is 1.33. The molecular formula is C9H7NO5. The number of hydrogen-bond acceptors (Lipinski definition) is 5. The monoisotopic (exact) mass is 209 g/mol. The van der Waals surface area contributed by atoms with Crippen LogP contribution in [0.4, 0.5) is 5.88 Å². The minimum Gasteiger partial charge on any atom is -0.473 e. The lowest BCUT2D eigenvalue weighted by atomic mass is 10.5. The zero-order valence-corrected chi connectivity index (χ0v) is 7.53. The molecule has 0 N–H and O–H groups in total. The standard InChI is InChI=1S/C5H3NO4.C4H4O/c7-3-4-1-2-5(10-4)6(8)9;1-2-4-5-3-1/h1-3H;1-4H. The van der Waals surface area contributed by atoms with Gasteiger partial charge in [-0.15, -0.1) is 0 Å². The van der Waals surface area contributed by atoms with Gasteiger partial charge in [-0.3, -0.25) is 14.9 Å². The molecule has 0 bridgehead atoms. The van der Waals surface area contributed by atoms with Crippen LogP contribution >= 0.6 is 0 Å². The summed E-state index contributed by atoms with van der Waals surface area (Å²) in [5, 5.41) is 9.93. The highest BCUT2D eigenvalue weighted by atomic mass is 16.6. The third kappa shape index (κ3) is 3.47. The Bertz CT molecular complexity index is 400. The van der Waals surface area contributed by atoms with Gasteiger partial charge in [0.15, 0.2) is 12.0 Å². The molecule has 0 amide bonds. The topological polar surface area (TPSA) is 86.5 Å². The van der Waals surface area contributed by atoms with Crippen LogP contribution in [0.15, 0.2) is 45.6 Å². The van der Waals surface area contributed by atoms with Crippen LogP contribution < -0.4 is 0 Å². The summed E-state index contributed by atoms with van der Waals surface area (Å²) in [7, 11) is 0. The van der Waals surface area contributed by atoms with Gasteiger partial charge in [-0.1, -0.05) is 0 Å². The van der Waals surface area contributed by atoms with E-state index in [0.717, 1.165) is 6.07 Å². The Hall–Kier alpha value is -2.37. The third-order valence-electron chi connectivity index (χ3n) is 1.33. The second-order valence-corrected chi connectivity index (χ2v) is 2.34. The number of nitro groups is 1. The Morgan fingerprint density at radius 1 is 1.27 bits per heavy atom. The molecule has 15 heavy (non-hydrogen) atoms. The molecule has 2 rings (SSSR count). The number of aldehydes is 1. The molecule has 2 heterocycles. The average Bonchev–Trinajstić information content (AvgIpc) is 2.92. The smallest absolute Gasteiger partial charge is 0.433 e. The first-order chi connectivity index (χ1) is 7.24. The van der Waals surface area contributed by atoms with Gasteiger partial charge < -0.3 is 8.83 Å². The van der Waals surface area contributed by atoms with Crippen molar-refractivity contribution in [2.24, 2.45) is 0 Å². The fraction of sp³-hybridized carbons (Fsp3) is 0. The van der Waals surface area contributed by atoms with E-state index in [0.29, 0.717) is 6.29 Å². The highest BCUT2D eigenvalue weighted by Crippen LogP contribution is 2.13. The van der Waals surface area contributed by atoms with Crippen LogP contribution in [0.25, 0.3) is 0 Å². The summed E-state index contributed by atoms with van der Waals surface area (Å²) in [5.41, 5.74) is 0. The molecule has 0 fully saturated rings. The van der Waals surface area contributed by atoms with E-state index in [1.807, 2.05) is 12.1 Å². The highest BCUT2D eigenvalue weighted by molar-refractivity contribution is 5.70. The molecule has 2 aromatic heterocycles. The van der Waals surface area contributed by atoms with Gasteiger partial charge in [0.05, 0.1) is 18.6 Å². The SMILES string of the molecule is O=Cc1ccc([N+](=O)[O-])o1.c1ccoc1. The van der Waals surface area contributed by atoms with Gasteiger partial charge in [0.2, 0.25) is 0 Å². The fourth-order valence-electron chi connectivity index (χ4n) is 0.730. The molecule has 0 saturated carbocycles. The molecule has 2 aromatic rings. The van der Waals surface area contributed by atoms with Crippen molar-refractivity contribution in [1.29, 1.82) is 0 Å². The van der Waals surface area contributed by atoms with Gasteiger partial charge in [-0.05, 0) is 18.2 Å². The lowest BCUT2D eigenvalue weighted by molar-refractivity contribution is -0.402. The summed E-state index contributed by atoms with van der Waals surface area (Å²) in [6.07, 6.45) is 3.66. The van der Waals surface area contributed by atoms with Crippen LogP contribution in [-0.4, -0.2) is 11.2 Å². The Kier molecular flexibility index (Phi) is 3.84. The fourth-order valence-corrected chi connectivity index (χ4v) is 0.730. The first-order valence-corrected chi connectivity index (χ1v) is 3.90. The Labute approximate surface area is 84.3 Å². The summed E-state index contributed by atoms with van der Waals surface area (Å²) < 4.78 is 9.01. The molecule has 0 saturated heterocycles. The average molecular weight is 209 g/mol. The summed E-state index contributed by atoms with van der Waals surface area (Å²) >= 11 is 0. The molecule has 0 radical (unpaired) electrons. The molecule has 0 spiro atoms. The number of hydrogen-bond donors (Lipinski definition) is 0. The number of carbonyl (C=O) groups is 1. The Morgan fingerprint density at radius 3 is 2.20 bits per heavy atom. The second kappa shape index (κ2) is 5.38. The van der Waals surface area contributed by atoms with Crippen LogP contribution in [0, 0.1) is 10.1 Å². The van der Waals surface area contributed by atoms with E-state index in [1.165, 1.54) is 6.07 Å². The summed E-state index contributed by atoms with van der Waals surface area (Å²) in [6.45, 7) is 0. The van der Waals surface area contributed by atoms with Crippen molar-refractivity contribution in [3.05, 3.63) is 52.7 Å². The lowest BCUT2D eigenvalue weighted by Gasteiger charge is -1.79. The number of carbonyl (C=O) groups excluding carboxylic acids is 1. The molecule has 0 aliphatic carbocycles. The van der Waals surface area contributed by atoms with E-state index < -0.39 is 10.8 Å². The molecule has 6 nitrogen and oxygen atoms in total. The molecule has 6 heteroatoms. The quantitative estimate of drug-likeness (QED) is 0.430. The minimum absolute atomic E-state index is 0.0355. The summed E-state index contributed by atoms with van der Waals surface area (Å²) in [5.74, 6) is -0.450. The van der Waals surface area contributed by atoms with Gasteiger partial charge in [0, 0.05) is 0 Å². The predicted octanol–water partition coefficient (Wildman–Crippen LogP) is 2.28. The maximum absolute atomic E-state index is 9.93. The van der Waals surface area contributed by atoms with Crippen LogP contribution in [0.5, 0.6) is 0 Å². The minimum atomic E-state index is -0.701. The Balaban J connectivity index is 0.000000187. The van der Waals surface area contributed by atoms with E-state index in [-0.39, 0.29) is 5.76 Å². The number of rotatable bonds is 2. The lowest BCUT2D eigenvalue weighted by Crippen LogP contribution is -1.82.